The fraction of sp³-hybridized carbons (Fsp3) is 0.500. The fourth-order valence-electron chi connectivity index (χ4n) is 1.20. The highest BCUT2D eigenvalue weighted by Crippen LogP contribution is 2.11. The first-order valence-corrected chi connectivity index (χ1v) is 4.13. The molecule has 0 bridgehead atoms. The summed E-state index contributed by atoms with van der Waals surface area (Å²) < 4.78 is 1.84. The summed E-state index contributed by atoms with van der Waals surface area (Å²) in [5, 5.41) is 8.53. The zero-order valence-electron chi connectivity index (χ0n) is 7.47. The Balaban J connectivity index is 2.75. The van der Waals surface area contributed by atoms with Crippen molar-refractivity contribution in [3.05, 3.63) is 18.2 Å². The average Bonchev–Trinajstić information content (AvgIpc) is 2.49. The highest BCUT2D eigenvalue weighted by molar-refractivity contribution is 5.67. The molecule has 0 saturated heterocycles. The van der Waals surface area contributed by atoms with Crippen LogP contribution in [-0.4, -0.2) is 20.6 Å². The number of aryl methyl sites for hydroxylation is 1. The van der Waals surface area contributed by atoms with Crippen LogP contribution in [0.5, 0.6) is 0 Å². The second-order valence-corrected chi connectivity index (χ2v) is 2.78. The lowest BCUT2D eigenvalue weighted by Gasteiger charge is -2.10. The van der Waals surface area contributed by atoms with Crippen LogP contribution in [0.1, 0.15) is 25.2 Å². The van der Waals surface area contributed by atoms with Crippen molar-refractivity contribution in [2.75, 3.05) is 0 Å². The molecule has 0 spiro atoms. The van der Waals surface area contributed by atoms with Gasteiger partial charge in [-0.25, -0.2) is 4.98 Å². The maximum atomic E-state index is 10.4. The van der Waals surface area contributed by atoms with E-state index in [1.165, 1.54) is 0 Å². The third-order valence-corrected chi connectivity index (χ3v) is 1.81. The van der Waals surface area contributed by atoms with E-state index in [-0.39, 0.29) is 6.42 Å². The minimum atomic E-state index is -0.904. The van der Waals surface area contributed by atoms with Crippen molar-refractivity contribution in [3.63, 3.8) is 0 Å². The van der Waals surface area contributed by atoms with Crippen LogP contribution in [0.4, 0.5) is 0 Å². The summed E-state index contributed by atoms with van der Waals surface area (Å²) in [4.78, 5) is 14.4. The van der Waals surface area contributed by atoms with Gasteiger partial charge >= 0.3 is 5.97 Å². The highest BCUT2D eigenvalue weighted by Gasteiger charge is 2.14. The zero-order valence-corrected chi connectivity index (χ0v) is 7.47. The van der Waals surface area contributed by atoms with Crippen molar-refractivity contribution in [3.8, 4) is 0 Å². The van der Waals surface area contributed by atoms with E-state index in [4.69, 9.17) is 10.8 Å². The Kier molecular flexibility index (Phi) is 3.02. The topological polar surface area (TPSA) is 81.1 Å². The van der Waals surface area contributed by atoms with Gasteiger partial charge in [0.15, 0.2) is 0 Å². The van der Waals surface area contributed by atoms with E-state index in [2.05, 4.69) is 4.98 Å². The molecule has 72 valence electrons. The number of carboxylic acid groups (broad SMARTS) is 1. The fourth-order valence-corrected chi connectivity index (χ4v) is 1.20. The molecule has 0 aliphatic heterocycles. The van der Waals surface area contributed by atoms with Crippen LogP contribution in [0.15, 0.2) is 12.4 Å². The summed E-state index contributed by atoms with van der Waals surface area (Å²) in [6.07, 6.45) is 3.33. The van der Waals surface area contributed by atoms with Gasteiger partial charge in [-0.1, -0.05) is 0 Å². The number of hydrogen-bond acceptors (Lipinski definition) is 3. The van der Waals surface area contributed by atoms with Crippen LogP contribution in [0.3, 0.4) is 0 Å². The van der Waals surface area contributed by atoms with Crippen molar-refractivity contribution < 1.29 is 9.90 Å². The van der Waals surface area contributed by atoms with Crippen LogP contribution in [0.2, 0.25) is 0 Å². The molecule has 1 rings (SSSR count). The summed E-state index contributed by atoms with van der Waals surface area (Å²) in [5.74, 6) is -0.275. The lowest BCUT2D eigenvalue weighted by atomic mass is 10.2. The molecule has 0 radical (unpaired) electrons. The summed E-state index contributed by atoms with van der Waals surface area (Å²) >= 11 is 0. The van der Waals surface area contributed by atoms with Gasteiger partial charge in [-0.05, 0) is 6.92 Å². The monoisotopic (exact) mass is 183 g/mol. The molecule has 0 aliphatic rings. The Morgan fingerprint density at radius 1 is 1.85 bits per heavy atom. The minimum Gasteiger partial charge on any atom is -0.481 e. The Bertz CT molecular complexity index is 295. The van der Waals surface area contributed by atoms with Crippen LogP contribution < -0.4 is 5.73 Å². The molecule has 0 fully saturated rings. The molecular formula is C8H13N3O2. The number of nitrogens with two attached hydrogens (primary N) is 1. The SMILES string of the molecule is CCn1ccnc1[C@@H](N)CC(=O)O. The van der Waals surface area contributed by atoms with Crippen molar-refractivity contribution >= 4 is 5.97 Å². The number of aromatic nitrogens is 2. The zero-order chi connectivity index (χ0) is 9.84. The van der Waals surface area contributed by atoms with Crippen molar-refractivity contribution in [1.82, 2.24) is 9.55 Å². The van der Waals surface area contributed by atoms with Gasteiger partial charge in [0.25, 0.3) is 0 Å². The maximum absolute atomic E-state index is 10.4. The predicted molar refractivity (Wildman–Crippen MR) is 47.1 cm³/mol. The molecule has 5 heteroatoms. The number of carbonyl (C=O) groups is 1. The smallest absolute Gasteiger partial charge is 0.305 e. The van der Waals surface area contributed by atoms with Crippen molar-refractivity contribution in [2.45, 2.75) is 25.9 Å². The van der Waals surface area contributed by atoms with Gasteiger partial charge in [-0.3, -0.25) is 4.79 Å². The van der Waals surface area contributed by atoms with Crippen LogP contribution in [0, 0.1) is 0 Å². The molecule has 3 N–H and O–H groups in total. The summed E-state index contributed by atoms with van der Waals surface area (Å²) in [5.41, 5.74) is 5.65. The highest BCUT2D eigenvalue weighted by atomic mass is 16.4. The largest absolute Gasteiger partial charge is 0.481 e. The standard InChI is InChI=1S/C8H13N3O2/c1-2-11-4-3-10-8(11)6(9)5-7(12)13/h3-4,6H,2,5,9H2,1H3,(H,12,13)/t6-/m0/s1. The van der Waals surface area contributed by atoms with Gasteiger partial charge < -0.3 is 15.4 Å². The second-order valence-electron chi connectivity index (χ2n) is 2.78. The Hall–Kier alpha value is -1.36. The Morgan fingerprint density at radius 3 is 3.08 bits per heavy atom. The maximum Gasteiger partial charge on any atom is 0.305 e. The van der Waals surface area contributed by atoms with E-state index >= 15 is 0 Å². The summed E-state index contributed by atoms with van der Waals surface area (Å²) in [6.45, 7) is 2.71. The van der Waals surface area contributed by atoms with Gasteiger partial charge in [0.05, 0.1) is 12.5 Å². The molecule has 0 aromatic carbocycles. The normalized spacial score (nSPS) is 12.8. The molecule has 0 saturated carbocycles. The lowest BCUT2D eigenvalue weighted by Crippen LogP contribution is -2.19. The van der Waals surface area contributed by atoms with E-state index in [9.17, 15) is 4.79 Å². The number of carboxylic acids is 1. The third kappa shape index (κ3) is 2.29. The molecule has 1 heterocycles. The first kappa shape index (κ1) is 9.73. The molecular weight excluding hydrogens is 170 g/mol. The summed E-state index contributed by atoms with van der Waals surface area (Å²) in [7, 11) is 0. The Morgan fingerprint density at radius 2 is 2.54 bits per heavy atom. The first-order valence-electron chi connectivity index (χ1n) is 4.13. The van der Waals surface area contributed by atoms with Gasteiger partial charge in [0, 0.05) is 18.9 Å². The molecule has 13 heavy (non-hydrogen) atoms. The summed E-state index contributed by atoms with van der Waals surface area (Å²) in [6, 6.07) is -0.521. The van der Waals surface area contributed by atoms with Gasteiger partial charge in [0.1, 0.15) is 5.82 Å². The second kappa shape index (κ2) is 4.04. The number of nitrogens with zero attached hydrogens (tertiary/aromatic N) is 2. The molecule has 0 unspecified atom stereocenters. The van der Waals surface area contributed by atoms with E-state index in [0.29, 0.717) is 5.82 Å². The number of aliphatic carboxylic acids is 1. The van der Waals surface area contributed by atoms with Crippen LogP contribution in [-0.2, 0) is 11.3 Å². The number of rotatable bonds is 4. The van der Waals surface area contributed by atoms with Gasteiger partial charge in [-0.15, -0.1) is 0 Å². The van der Waals surface area contributed by atoms with Crippen molar-refractivity contribution in [1.29, 1.82) is 0 Å². The molecule has 1 aromatic rings. The molecule has 5 nitrogen and oxygen atoms in total. The van der Waals surface area contributed by atoms with E-state index in [1.807, 2.05) is 11.5 Å². The molecule has 0 amide bonds. The van der Waals surface area contributed by atoms with E-state index in [0.717, 1.165) is 6.54 Å². The van der Waals surface area contributed by atoms with Gasteiger partial charge in [0.2, 0.25) is 0 Å². The van der Waals surface area contributed by atoms with Crippen LogP contribution >= 0.6 is 0 Å². The Labute approximate surface area is 76.2 Å². The van der Waals surface area contributed by atoms with Gasteiger partial charge in [-0.2, -0.15) is 0 Å². The molecule has 0 aliphatic carbocycles. The van der Waals surface area contributed by atoms with E-state index in [1.54, 1.807) is 12.4 Å². The van der Waals surface area contributed by atoms with Crippen molar-refractivity contribution in [2.24, 2.45) is 5.73 Å². The molecule has 1 atom stereocenters. The minimum absolute atomic E-state index is 0.0863. The predicted octanol–water partition coefficient (Wildman–Crippen LogP) is 0.378. The first-order chi connectivity index (χ1) is 6.15. The lowest BCUT2D eigenvalue weighted by molar-refractivity contribution is -0.137. The van der Waals surface area contributed by atoms with Crippen LogP contribution in [0.25, 0.3) is 0 Å². The average molecular weight is 183 g/mol. The number of hydrogen-bond donors (Lipinski definition) is 2. The number of imidazole rings is 1. The van der Waals surface area contributed by atoms with E-state index < -0.39 is 12.0 Å². The molecule has 1 aromatic heterocycles. The third-order valence-electron chi connectivity index (χ3n) is 1.81. The quantitative estimate of drug-likeness (QED) is 0.707.